The molecule has 112 valence electrons. The first-order valence-corrected chi connectivity index (χ1v) is 7.17. The molecule has 0 heterocycles. The van der Waals surface area contributed by atoms with Crippen LogP contribution in [-0.2, 0) is 4.79 Å². The van der Waals surface area contributed by atoms with Crippen LogP contribution in [0, 0.1) is 11.3 Å². The third kappa shape index (κ3) is 6.09. The molecule has 1 aromatic carbocycles. The molecule has 0 unspecified atom stereocenters. The predicted octanol–water partition coefficient (Wildman–Crippen LogP) is 3.01. The van der Waals surface area contributed by atoms with E-state index in [0.717, 1.165) is 31.4 Å². The molecule has 0 aliphatic rings. The van der Waals surface area contributed by atoms with Gasteiger partial charge in [-0.05, 0) is 25.0 Å². The molecule has 1 N–H and O–H groups in total. The lowest BCUT2D eigenvalue weighted by atomic mass is 10.1. The third-order valence-corrected chi connectivity index (χ3v) is 2.78. The molecule has 0 saturated carbocycles. The Hall–Kier alpha value is -2.35. The molecule has 1 aromatic rings. The van der Waals surface area contributed by atoms with Gasteiger partial charge in [-0.25, -0.2) is 5.43 Å². The van der Waals surface area contributed by atoms with Crippen LogP contribution in [0.4, 0.5) is 0 Å². The number of carbonyl (C=O) groups is 1. The van der Waals surface area contributed by atoms with Crippen LogP contribution in [0.25, 0.3) is 0 Å². The van der Waals surface area contributed by atoms with E-state index >= 15 is 0 Å². The van der Waals surface area contributed by atoms with Crippen molar-refractivity contribution in [3.8, 4) is 11.8 Å². The number of nitrogens with one attached hydrogen (secondary N) is 1. The summed E-state index contributed by atoms with van der Waals surface area (Å²) in [4.78, 5) is 11.7. The van der Waals surface area contributed by atoms with E-state index < -0.39 is 0 Å². The lowest BCUT2D eigenvalue weighted by Crippen LogP contribution is -2.26. The summed E-state index contributed by atoms with van der Waals surface area (Å²) in [5, 5.41) is 13.1. The largest absolute Gasteiger partial charge is 0.482 e. The number of hydrogen-bond acceptors (Lipinski definition) is 4. The van der Waals surface area contributed by atoms with E-state index in [0.29, 0.717) is 11.3 Å². The van der Waals surface area contributed by atoms with Gasteiger partial charge in [0.2, 0.25) is 0 Å². The molecule has 0 spiro atoms. The molecule has 21 heavy (non-hydrogen) atoms. The number of nitriles is 1. The van der Waals surface area contributed by atoms with Gasteiger partial charge in [0, 0.05) is 5.71 Å². The van der Waals surface area contributed by atoms with E-state index in [1.807, 2.05) is 6.07 Å². The van der Waals surface area contributed by atoms with Gasteiger partial charge in [0.25, 0.3) is 5.91 Å². The minimum absolute atomic E-state index is 0.159. The van der Waals surface area contributed by atoms with Crippen LogP contribution in [0.15, 0.2) is 29.4 Å². The van der Waals surface area contributed by atoms with Crippen LogP contribution in [0.1, 0.15) is 45.1 Å². The fraction of sp³-hybridized carbons (Fsp3) is 0.438. The van der Waals surface area contributed by atoms with Crippen LogP contribution >= 0.6 is 0 Å². The number of ether oxygens (including phenoxy) is 1. The molecule has 0 bridgehead atoms. The molecule has 5 nitrogen and oxygen atoms in total. The van der Waals surface area contributed by atoms with Gasteiger partial charge < -0.3 is 4.74 Å². The van der Waals surface area contributed by atoms with Crippen molar-refractivity contribution in [1.29, 1.82) is 5.26 Å². The average molecular weight is 287 g/mol. The van der Waals surface area contributed by atoms with Crippen molar-refractivity contribution in [2.75, 3.05) is 6.61 Å². The molecule has 0 aliphatic carbocycles. The Labute approximate surface area is 125 Å². The number of rotatable bonds is 8. The van der Waals surface area contributed by atoms with Crippen LogP contribution in [0.2, 0.25) is 0 Å². The zero-order valence-corrected chi connectivity index (χ0v) is 12.6. The average Bonchev–Trinajstić information content (AvgIpc) is 2.51. The quantitative estimate of drug-likeness (QED) is 0.590. The predicted molar refractivity (Wildman–Crippen MR) is 82.0 cm³/mol. The van der Waals surface area contributed by atoms with Crippen molar-refractivity contribution >= 4 is 11.6 Å². The van der Waals surface area contributed by atoms with E-state index in [-0.39, 0.29) is 12.5 Å². The number of para-hydroxylation sites is 1. The first kappa shape index (κ1) is 16.7. The Bertz CT molecular complexity index is 525. The maximum absolute atomic E-state index is 11.7. The smallest absolute Gasteiger partial charge is 0.277 e. The number of amides is 1. The van der Waals surface area contributed by atoms with E-state index in [1.165, 1.54) is 0 Å². The monoisotopic (exact) mass is 287 g/mol. The highest BCUT2D eigenvalue weighted by molar-refractivity contribution is 5.86. The van der Waals surface area contributed by atoms with E-state index in [9.17, 15) is 4.79 Å². The molecule has 0 saturated heterocycles. The molecule has 0 radical (unpaired) electrons. The maximum atomic E-state index is 11.7. The van der Waals surface area contributed by atoms with Crippen molar-refractivity contribution < 1.29 is 9.53 Å². The lowest BCUT2D eigenvalue weighted by molar-refractivity contribution is -0.123. The van der Waals surface area contributed by atoms with Gasteiger partial charge in [0.05, 0.1) is 5.56 Å². The van der Waals surface area contributed by atoms with E-state index in [2.05, 4.69) is 24.4 Å². The number of carbonyl (C=O) groups excluding carboxylic acids is 1. The Morgan fingerprint density at radius 1 is 1.29 bits per heavy atom. The SMILES string of the molecule is CCCC(CCC)=NNC(=O)COc1ccccc1C#N. The van der Waals surface area contributed by atoms with Crippen molar-refractivity contribution in [3.05, 3.63) is 29.8 Å². The highest BCUT2D eigenvalue weighted by Crippen LogP contribution is 2.16. The maximum Gasteiger partial charge on any atom is 0.277 e. The first-order chi connectivity index (χ1) is 10.2. The summed E-state index contributed by atoms with van der Waals surface area (Å²) in [6.07, 6.45) is 3.76. The number of hydrazone groups is 1. The van der Waals surface area contributed by atoms with Gasteiger partial charge in [-0.3, -0.25) is 4.79 Å². The third-order valence-electron chi connectivity index (χ3n) is 2.78. The van der Waals surface area contributed by atoms with Crippen LogP contribution < -0.4 is 10.2 Å². The summed E-state index contributed by atoms with van der Waals surface area (Å²) in [7, 11) is 0. The number of benzene rings is 1. The first-order valence-electron chi connectivity index (χ1n) is 7.17. The Kier molecular flexibility index (Phi) is 7.59. The molecular weight excluding hydrogens is 266 g/mol. The summed E-state index contributed by atoms with van der Waals surface area (Å²) in [6.45, 7) is 4.00. The van der Waals surface area contributed by atoms with E-state index in [4.69, 9.17) is 10.00 Å². The Morgan fingerprint density at radius 2 is 1.95 bits per heavy atom. The molecule has 0 aliphatic heterocycles. The van der Waals surface area contributed by atoms with Crippen molar-refractivity contribution in [1.82, 2.24) is 5.43 Å². The molecule has 0 atom stereocenters. The molecular formula is C16H21N3O2. The lowest BCUT2D eigenvalue weighted by Gasteiger charge is -2.07. The van der Waals surface area contributed by atoms with Crippen LogP contribution in [-0.4, -0.2) is 18.2 Å². The fourth-order valence-corrected chi connectivity index (χ4v) is 1.82. The van der Waals surface area contributed by atoms with Gasteiger partial charge in [-0.2, -0.15) is 10.4 Å². The number of hydrogen-bond donors (Lipinski definition) is 1. The summed E-state index contributed by atoms with van der Waals surface area (Å²) < 4.78 is 5.34. The Morgan fingerprint density at radius 3 is 2.57 bits per heavy atom. The van der Waals surface area contributed by atoms with Crippen LogP contribution in [0.5, 0.6) is 5.75 Å². The Balaban J connectivity index is 2.50. The van der Waals surface area contributed by atoms with Gasteiger partial charge in [-0.1, -0.05) is 38.8 Å². The van der Waals surface area contributed by atoms with Gasteiger partial charge in [0.15, 0.2) is 6.61 Å². The molecule has 5 heteroatoms. The van der Waals surface area contributed by atoms with E-state index in [1.54, 1.807) is 24.3 Å². The minimum atomic E-state index is -0.326. The summed E-state index contributed by atoms with van der Waals surface area (Å²) in [5.41, 5.74) is 3.90. The molecule has 0 aromatic heterocycles. The standard InChI is InChI=1S/C16H21N3O2/c1-3-7-14(8-4-2)18-19-16(20)12-21-15-10-6-5-9-13(15)11-17/h5-6,9-10H,3-4,7-8,12H2,1-2H3,(H,19,20). The second-order valence-corrected chi connectivity index (χ2v) is 4.61. The van der Waals surface area contributed by atoms with Crippen molar-refractivity contribution in [2.24, 2.45) is 5.10 Å². The summed E-state index contributed by atoms with van der Waals surface area (Å²) in [5.74, 6) is 0.0777. The second-order valence-electron chi connectivity index (χ2n) is 4.61. The van der Waals surface area contributed by atoms with Crippen LogP contribution in [0.3, 0.4) is 0 Å². The highest BCUT2D eigenvalue weighted by Gasteiger charge is 2.06. The van der Waals surface area contributed by atoms with Gasteiger partial charge >= 0.3 is 0 Å². The second kappa shape index (κ2) is 9.54. The topological polar surface area (TPSA) is 74.5 Å². The van der Waals surface area contributed by atoms with Crippen molar-refractivity contribution in [3.63, 3.8) is 0 Å². The van der Waals surface area contributed by atoms with Crippen molar-refractivity contribution in [2.45, 2.75) is 39.5 Å². The molecule has 1 rings (SSSR count). The molecule has 0 fully saturated rings. The summed E-state index contributed by atoms with van der Waals surface area (Å²) in [6, 6.07) is 8.83. The van der Waals surface area contributed by atoms with Gasteiger partial charge in [0.1, 0.15) is 11.8 Å². The zero-order chi connectivity index (χ0) is 15.5. The molecule has 1 amide bonds. The van der Waals surface area contributed by atoms with Gasteiger partial charge in [-0.15, -0.1) is 0 Å². The zero-order valence-electron chi connectivity index (χ0n) is 12.6. The fourth-order valence-electron chi connectivity index (χ4n) is 1.82. The normalized spacial score (nSPS) is 9.57. The highest BCUT2D eigenvalue weighted by atomic mass is 16.5. The number of nitrogens with zero attached hydrogens (tertiary/aromatic N) is 2. The minimum Gasteiger partial charge on any atom is -0.482 e. The summed E-state index contributed by atoms with van der Waals surface area (Å²) >= 11 is 0.